The summed E-state index contributed by atoms with van der Waals surface area (Å²) in [5.41, 5.74) is 1.56. The predicted molar refractivity (Wildman–Crippen MR) is 128 cm³/mol. The van der Waals surface area contributed by atoms with E-state index in [2.05, 4.69) is 17.9 Å². The van der Waals surface area contributed by atoms with Crippen LogP contribution in [0.15, 0.2) is 93.9 Å². The Morgan fingerprint density at radius 3 is 2.62 bits per heavy atom. The highest BCUT2D eigenvalue weighted by molar-refractivity contribution is 7.84. The van der Waals surface area contributed by atoms with E-state index in [-0.39, 0.29) is 10.6 Å². The number of nitrogens with zero attached hydrogens (tertiary/aromatic N) is 2. The number of thiol groups is 1. The number of halogens is 1. The fourth-order valence-corrected chi connectivity index (χ4v) is 4.44. The molecule has 0 spiro atoms. The van der Waals surface area contributed by atoms with Gasteiger partial charge in [0.2, 0.25) is 0 Å². The number of rotatable bonds is 3. The standard InChI is InChI=1S/C25H16ClN3O2S/c26-17-8-3-7-16(13-17)21-11-12-22(31-21)23-28-24(30)19(14-27)25(32)29(23)20-10-4-6-15-5-1-2-9-18(15)20/h1-13,23,32H,(H,28,30). The van der Waals surface area contributed by atoms with Gasteiger partial charge in [0.15, 0.2) is 6.17 Å². The first kappa shape index (κ1) is 20.3. The van der Waals surface area contributed by atoms with Crippen molar-refractivity contribution in [3.05, 3.63) is 100 Å². The van der Waals surface area contributed by atoms with E-state index < -0.39 is 12.1 Å². The van der Waals surface area contributed by atoms with E-state index in [4.69, 9.17) is 16.0 Å². The summed E-state index contributed by atoms with van der Waals surface area (Å²) in [6.07, 6.45) is -0.689. The van der Waals surface area contributed by atoms with Gasteiger partial charge in [-0.3, -0.25) is 4.79 Å². The largest absolute Gasteiger partial charge is 0.457 e. The summed E-state index contributed by atoms with van der Waals surface area (Å²) in [7, 11) is 0. The Bertz CT molecular complexity index is 1430. The van der Waals surface area contributed by atoms with E-state index in [0.29, 0.717) is 16.5 Å². The van der Waals surface area contributed by atoms with Gasteiger partial charge < -0.3 is 14.6 Å². The van der Waals surface area contributed by atoms with E-state index in [0.717, 1.165) is 22.0 Å². The van der Waals surface area contributed by atoms with E-state index in [1.54, 1.807) is 12.1 Å². The van der Waals surface area contributed by atoms with Crippen LogP contribution in [0, 0.1) is 11.3 Å². The van der Waals surface area contributed by atoms with E-state index in [1.807, 2.05) is 77.7 Å². The predicted octanol–water partition coefficient (Wildman–Crippen LogP) is 6.05. The molecule has 0 aliphatic carbocycles. The normalized spacial score (nSPS) is 16.2. The van der Waals surface area contributed by atoms with Crippen LogP contribution < -0.4 is 10.2 Å². The maximum atomic E-state index is 12.7. The molecular weight excluding hydrogens is 442 g/mol. The Hall–Kier alpha value is -3.66. The third kappa shape index (κ3) is 3.42. The Kier molecular flexibility index (Phi) is 5.14. The lowest BCUT2D eigenvalue weighted by Gasteiger charge is -2.37. The number of fused-ring (bicyclic) bond motifs is 1. The van der Waals surface area contributed by atoms with Crippen molar-refractivity contribution in [2.45, 2.75) is 6.17 Å². The second-order valence-corrected chi connectivity index (χ2v) is 8.13. The second-order valence-electron chi connectivity index (χ2n) is 7.27. The fourth-order valence-electron chi connectivity index (χ4n) is 3.87. The zero-order valence-corrected chi connectivity index (χ0v) is 18.3. The van der Waals surface area contributed by atoms with Gasteiger partial charge >= 0.3 is 0 Å². The Morgan fingerprint density at radius 2 is 1.81 bits per heavy atom. The molecule has 7 heteroatoms. The number of amides is 1. The van der Waals surface area contributed by atoms with Crippen molar-refractivity contribution in [1.82, 2.24) is 5.32 Å². The molecule has 0 radical (unpaired) electrons. The maximum absolute atomic E-state index is 12.7. The van der Waals surface area contributed by atoms with Crippen LogP contribution in [0.2, 0.25) is 5.02 Å². The second kappa shape index (κ2) is 8.12. The average molecular weight is 458 g/mol. The number of benzene rings is 3. The highest BCUT2D eigenvalue weighted by Crippen LogP contribution is 2.40. The summed E-state index contributed by atoms with van der Waals surface area (Å²) in [6.45, 7) is 0. The topological polar surface area (TPSA) is 69.3 Å². The van der Waals surface area contributed by atoms with Gasteiger partial charge in [-0.15, -0.1) is 12.6 Å². The first-order valence-corrected chi connectivity index (χ1v) is 10.7. The van der Waals surface area contributed by atoms with Crippen molar-refractivity contribution in [3.8, 4) is 17.4 Å². The van der Waals surface area contributed by atoms with Gasteiger partial charge in [0, 0.05) is 16.0 Å². The highest BCUT2D eigenvalue weighted by Gasteiger charge is 2.36. The summed E-state index contributed by atoms with van der Waals surface area (Å²) in [6, 6.07) is 26.7. The number of carbonyl (C=O) groups excluding carboxylic acids is 1. The van der Waals surface area contributed by atoms with Crippen LogP contribution in [0.1, 0.15) is 11.9 Å². The lowest BCUT2D eigenvalue weighted by molar-refractivity contribution is -0.118. The number of nitrogens with one attached hydrogen (secondary N) is 1. The van der Waals surface area contributed by atoms with E-state index in [9.17, 15) is 10.1 Å². The highest BCUT2D eigenvalue weighted by atomic mass is 35.5. The zero-order chi connectivity index (χ0) is 22.2. The molecule has 0 fully saturated rings. The SMILES string of the molecule is N#CC1=C(S)N(c2cccc3ccccc23)C(c2ccc(-c3cccc(Cl)c3)o2)NC1=O. The van der Waals surface area contributed by atoms with Gasteiger partial charge in [0.25, 0.3) is 5.91 Å². The monoisotopic (exact) mass is 457 g/mol. The van der Waals surface area contributed by atoms with Gasteiger partial charge in [-0.1, -0.05) is 60.1 Å². The van der Waals surface area contributed by atoms with Crippen LogP contribution in [-0.4, -0.2) is 5.91 Å². The molecule has 5 rings (SSSR count). The molecule has 0 bridgehead atoms. The van der Waals surface area contributed by atoms with Crippen LogP contribution in [0.3, 0.4) is 0 Å². The molecule has 1 aromatic heterocycles. The Balaban J connectivity index is 1.67. The van der Waals surface area contributed by atoms with E-state index >= 15 is 0 Å². The third-order valence-corrected chi connectivity index (χ3v) is 6.02. The van der Waals surface area contributed by atoms with Crippen LogP contribution in [0.25, 0.3) is 22.1 Å². The summed E-state index contributed by atoms with van der Waals surface area (Å²) >= 11 is 10.7. The lowest BCUT2D eigenvalue weighted by Crippen LogP contribution is -2.46. The third-order valence-electron chi connectivity index (χ3n) is 5.35. The van der Waals surface area contributed by atoms with Crippen molar-refractivity contribution < 1.29 is 9.21 Å². The number of hydrogen-bond donors (Lipinski definition) is 2. The number of carbonyl (C=O) groups is 1. The summed E-state index contributed by atoms with van der Waals surface area (Å²) < 4.78 is 6.14. The average Bonchev–Trinajstić information content (AvgIpc) is 3.29. The minimum atomic E-state index is -0.689. The first-order chi connectivity index (χ1) is 15.6. The Morgan fingerprint density at radius 1 is 1.03 bits per heavy atom. The lowest BCUT2D eigenvalue weighted by atomic mass is 10.1. The number of hydrogen-bond acceptors (Lipinski definition) is 5. The molecule has 5 nitrogen and oxygen atoms in total. The minimum Gasteiger partial charge on any atom is -0.457 e. The van der Waals surface area contributed by atoms with Crippen molar-refractivity contribution in [3.63, 3.8) is 0 Å². The molecule has 1 unspecified atom stereocenters. The van der Waals surface area contributed by atoms with Gasteiger partial charge in [-0.05, 0) is 35.7 Å². The fraction of sp³-hybridized carbons (Fsp3) is 0.0400. The molecule has 1 aliphatic rings. The van der Waals surface area contributed by atoms with Gasteiger partial charge in [0.1, 0.15) is 23.2 Å². The molecule has 2 heterocycles. The molecule has 4 aromatic rings. The van der Waals surface area contributed by atoms with Crippen molar-refractivity contribution in [2.24, 2.45) is 0 Å². The molecule has 156 valence electrons. The van der Waals surface area contributed by atoms with Crippen LogP contribution in [0.4, 0.5) is 5.69 Å². The molecule has 1 amide bonds. The van der Waals surface area contributed by atoms with Crippen LogP contribution >= 0.6 is 24.2 Å². The van der Waals surface area contributed by atoms with Crippen molar-refractivity contribution in [1.29, 1.82) is 5.26 Å². The summed E-state index contributed by atoms with van der Waals surface area (Å²) in [5.74, 6) is 0.620. The van der Waals surface area contributed by atoms with Gasteiger partial charge in [-0.25, -0.2) is 0 Å². The smallest absolute Gasteiger partial charge is 0.266 e. The zero-order valence-electron chi connectivity index (χ0n) is 16.6. The van der Waals surface area contributed by atoms with Crippen LogP contribution in [0.5, 0.6) is 0 Å². The number of anilines is 1. The maximum Gasteiger partial charge on any atom is 0.266 e. The summed E-state index contributed by atoms with van der Waals surface area (Å²) in [5, 5.41) is 15.3. The van der Waals surface area contributed by atoms with Crippen LogP contribution in [-0.2, 0) is 4.79 Å². The molecule has 0 saturated carbocycles. The first-order valence-electron chi connectivity index (χ1n) is 9.83. The molecule has 1 aliphatic heterocycles. The molecular formula is C25H16ClN3O2S. The molecule has 3 aromatic carbocycles. The molecule has 32 heavy (non-hydrogen) atoms. The van der Waals surface area contributed by atoms with Crippen molar-refractivity contribution in [2.75, 3.05) is 4.90 Å². The number of furan rings is 1. The Labute approximate surface area is 194 Å². The molecule has 0 saturated heterocycles. The molecule has 1 N–H and O–H groups in total. The van der Waals surface area contributed by atoms with Crippen molar-refractivity contribution >= 4 is 46.6 Å². The van der Waals surface area contributed by atoms with Gasteiger partial charge in [0.05, 0.1) is 10.7 Å². The van der Waals surface area contributed by atoms with Gasteiger partial charge in [-0.2, -0.15) is 5.26 Å². The quantitative estimate of drug-likeness (QED) is 0.367. The number of nitriles is 1. The molecule has 1 atom stereocenters. The van der Waals surface area contributed by atoms with E-state index in [1.165, 1.54) is 0 Å². The summed E-state index contributed by atoms with van der Waals surface area (Å²) in [4.78, 5) is 14.5. The minimum absolute atomic E-state index is 0.0564.